The number of aliphatic hydroxyl groups is 1. The van der Waals surface area contributed by atoms with Crippen LogP contribution in [0.25, 0.3) is 0 Å². The molecule has 0 aliphatic carbocycles. The average molecular weight is 238 g/mol. The molecule has 1 N–H and O–H groups in total. The van der Waals surface area contributed by atoms with Crippen LogP contribution in [0.1, 0.15) is 23.8 Å². The van der Waals surface area contributed by atoms with Gasteiger partial charge in [0, 0.05) is 12.0 Å². The van der Waals surface area contributed by atoms with Crippen molar-refractivity contribution in [3.63, 3.8) is 0 Å². The van der Waals surface area contributed by atoms with Gasteiger partial charge < -0.3 is 9.52 Å². The van der Waals surface area contributed by atoms with Crippen LogP contribution in [-0.4, -0.2) is 5.11 Å². The number of furan rings is 1. The smallest absolute Gasteiger partial charge is 0.129 e. The van der Waals surface area contributed by atoms with E-state index in [1.807, 2.05) is 0 Å². The van der Waals surface area contributed by atoms with Crippen LogP contribution in [0.15, 0.2) is 41.0 Å². The molecular weight excluding hydrogens is 226 g/mol. The van der Waals surface area contributed by atoms with Crippen LogP contribution in [-0.2, 0) is 6.42 Å². The van der Waals surface area contributed by atoms with E-state index in [2.05, 4.69) is 0 Å². The lowest BCUT2D eigenvalue weighted by molar-refractivity contribution is 0.160. The molecular formula is C13H12F2O2. The molecule has 17 heavy (non-hydrogen) atoms. The highest BCUT2D eigenvalue weighted by Crippen LogP contribution is 2.22. The topological polar surface area (TPSA) is 33.4 Å². The molecule has 2 nitrogen and oxygen atoms in total. The molecule has 0 aliphatic heterocycles. The molecule has 1 aromatic heterocycles. The van der Waals surface area contributed by atoms with E-state index in [-0.39, 0.29) is 12.0 Å². The molecule has 2 aromatic rings. The first kappa shape index (κ1) is 11.8. The Balaban J connectivity index is 2.04. The van der Waals surface area contributed by atoms with Gasteiger partial charge in [-0.2, -0.15) is 0 Å². The zero-order valence-electron chi connectivity index (χ0n) is 9.07. The molecule has 90 valence electrons. The van der Waals surface area contributed by atoms with Crippen molar-refractivity contribution in [2.24, 2.45) is 0 Å². The zero-order chi connectivity index (χ0) is 12.3. The number of hydrogen-bond donors (Lipinski definition) is 1. The van der Waals surface area contributed by atoms with Crippen molar-refractivity contribution < 1.29 is 18.3 Å². The van der Waals surface area contributed by atoms with Gasteiger partial charge in [-0.3, -0.25) is 0 Å². The summed E-state index contributed by atoms with van der Waals surface area (Å²) in [6.45, 7) is 0. The molecule has 0 saturated carbocycles. The monoisotopic (exact) mass is 238 g/mol. The molecule has 0 radical (unpaired) electrons. The number of aryl methyl sites for hydroxylation is 1. The molecule has 2 rings (SSSR count). The highest BCUT2D eigenvalue weighted by molar-refractivity contribution is 5.21. The summed E-state index contributed by atoms with van der Waals surface area (Å²) in [5, 5.41) is 9.78. The van der Waals surface area contributed by atoms with Gasteiger partial charge >= 0.3 is 0 Å². The highest BCUT2D eigenvalue weighted by Gasteiger charge is 2.14. The summed E-state index contributed by atoms with van der Waals surface area (Å²) in [5.74, 6) is -0.447. The lowest BCUT2D eigenvalue weighted by Crippen LogP contribution is -2.03. The van der Waals surface area contributed by atoms with Gasteiger partial charge in [-0.1, -0.05) is 0 Å². The Bertz CT molecular complexity index is 480. The fourth-order valence-corrected chi connectivity index (χ4v) is 1.66. The van der Waals surface area contributed by atoms with E-state index in [1.54, 1.807) is 12.1 Å². The molecule has 0 fully saturated rings. The fraction of sp³-hybridized carbons (Fsp3) is 0.231. The van der Waals surface area contributed by atoms with E-state index in [0.717, 1.165) is 18.2 Å². The minimum atomic E-state index is -1.03. The normalized spacial score (nSPS) is 12.6. The molecule has 1 aromatic carbocycles. The van der Waals surface area contributed by atoms with E-state index < -0.39 is 17.7 Å². The third-order valence-corrected chi connectivity index (χ3v) is 2.56. The first-order valence-electron chi connectivity index (χ1n) is 5.32. The lowest BCUT2D eigenvalue weighted by atomic mass is 10.0. The Labute approximate surface area is 97.5 Å². The largest absolute Gasteiger partial charge is 0.469 e. The third kappa shape index (κ3) is 2.91. The van der Waals surface area contributed by atoms with Gasteiger partial charge in [0.25, 0.3) is 0 Å². The number of benzene rings is 1. The summed E-state index contributed by atoms with van der Waals surface area (Å²) in [6.07, 6.45) is 1.26. The second-order valence-corrected chi connectivity index (χ2v) is 3.80. The summed E-state index contributed by atoms with van der Waals surface area (Å²) < 4.78 is 31.4. The standard InChI is InChI=1S/C13H12F2O2/c14-9-3-5-12(15)11(8-9)13(16)6-4-10-2-1-7-17-10/h1-3,5,7-8,13,16H,4,6H2. The van der Waals surface area contributed by atoms with E-state index in [1.165, 1.54) is 6.26 Å². The van der Waals surface area contributed by atoms with Crippen LogP contribution < -0.4 is 0 Å². The molecule has 0 bridgehead atoms. The van der Waals surface area contributed by atoms with Crippen LogP contribution in [0, 0.1) is 11.6 Å². The molecule has 1 heterocycles. The van der Waals surface area contributed by atoms with E-state index in [9.17, 15) is 13.9 Å². The summed E-state index contributed by atoms with van der Waals surface area (Å²) in [5.41, 5.74) is -0.0171. The van der Waals surface area contributed by atoms with Crippen molar-refractivity contribution >= 4 is 0 Å². The van der Waals surface area contributed by atoms with Gasteiger partial charge in [0.15, 0.2) is 0 Å². The average Bonchev–Trinajstić information content (AvgIpc) is 2.82. The molecule has 1 unspecified atom stereocenters. The maximum atomic E-state index is 13.3. The van der Waals surface area contributed by atoms with Crippen molar-refractivity contribution in [2.75, 3.05) is 0 Å². The van der Waals surface area contributed by atoms with Gasteiger partial charge in [-0.15, -0.1) is 0 Å². The van der Waals surface area contributed by atoms with Crippen molar-refractivity contribution in [3.05, 3.63) is 59.6 Å². The van der Waals surface area contributed by atoms with Gasteiger partial charge in [0.2, 0.25) is 0 Å². The maximum Gasteiger partial charge on any atom is 0.129 e. The fourth-order valence-electron chi connectivity index (χ4n) is 1.66. The number of hydrogen-bond acceptors (Lipinski definition) is 2. The zero-order valence-corrected chi connectivity index (χ0v) is 9.07. The van der Waals surface area contributed by atoms with Crippen LogP contribution >= 0.6 is 0 Å². The minimum Gasteiger partial charge on any atom is -0.469 e. The van der Waals surface area contributed by atoms with Crippen LogP contribution in [0.2, 0.25) is 0 Å². The van der Waals surface area contributed by atoms with Crippen molar-refractivity contribution in [2.45, 2.75) is 18.9 Å². The Morgan fingerprint density at radius 1 is 1.24 bits per heavy atom. The number of halogens is 2. The Morgan fingerprint density at radius 2 is 2.06 bits per heavy atom. The van der Waals surface area contributed by atoms with E-state index >= 15 is 0 Å². The third-order valence-electron chi connectivity index (χ3n) is 2.56. The maximum absolute atomic E-state index is 13.3. The SMILES string of the molecule is OC(CCc1ccco1)c1cc(F)ccc1F. The second kappa shape index (κ2) is 5.10. The van der Waals surface area contributed by atoms with Gasteiger partial charge in [-0.25, -0.2) is 8.78 Å². The first-order valence-corrected chi connectivity index (χ1v) is 5.32. The van der Waals surface area contributed by atoms with Crippen LogP contribution in [0.3, 0.4) is 0 Å². The Morgan fingerprint density at radius 3 is 2.76 bits per heavy atom. The summed E-state index contributed by atoms with van der Waals surface area (Å²) in [4.78, 5) is 0. The Kier molecular flexibility index (Phi) is 3.54. The first-order chi connectivity index (χ1) is 8.16. The lowest BCUT2D eigenvalue weighted by Gasteiger charge is -2.11. The molecule has 0 spiro atoms. The number of rotatable bonds is 4. The van der Waals surface area contributed by atoms with Crippen molar-refractivity contribution in [3.8, 4) is 0 Å². The van der Waals surface area contributed by atoms with E-state index in [4.69, 9.17) is 4.42 Å². The van der Waals surface area contributed by atoms with Crippen molar-refractivity contribution in [1.29, 1.82) is 0 Å². The summed E-state index contributed by atoms with van der Waals surface area (Å²) in [7, 11) is 0. The summed E-state index contributed by atoms with van der Waals surface area (Å²) >= 11 is 0. The van der Waals surface area contributed by atoms with Crippen molar-refractivity contribution in [1.82, 2.24) is 0 Å². The second-order valence-electron chi connectivity index (χ2n) is 3.80. The molecule has 4 heteroatoms. The number of aliphatic hydroxyl groups excluding tert-OH is 1. The van der Waals surface area contributed by atoms with E-state index in [0.29, 0.717) is 12.2 Å². The van der Waals surface area contributed by atoms with Crippen LogP contribution in [0.5, 0.6) is 0 Å². The Hall–Kier alpha value is -1.68. The van der Waals surface area contributed by atoms with Crippen LogP contribution in [0.4, 0.5) is 8.78 Å². The molecule has 0 amide bonds. The quantitative estimate of drug-likeness (QED) is 0.887. The van der Waals surface area contributed by atoms with Gasteiger partial charge in [0.05, 0.1) is 12.4 Å². The summed E-state index contributed by atoms with van der Waals surface area (Å²) in [6, 6.07) is 6.57. The molecule has 0 saturated heterocycles. The molecule has 1 atom stereocenters. The predicted octanol–water partition coefficient (Wildman–Crippen LogP) is 3.22. The predicted molar refractivity (Wildman–Crippen MR) is 58.3 cm³/mol. The highest BCUT2D eigenvalue weighted by atomic mass is 19.1. The van der Waals surface area contributed by atoms with Gasteiger partial charge in [-0.05, 0) is 36.8 Å². The molecule has 0 aliphatic rings. The van der Waals surface area contributed by atoms with Gasteiger partial charge in [0.1, 0.15) is 17.4 Å². The minimum absolute atomic E-state index is 0.0171.